The Morgan fingerprint density at radius 3 is 2.32 bits per heavy atom. The van der Waals surface area contributed by atoms with Crippen LogP contribution in [0.5, 0.6) is 5.75 Å². The van der Waals surface area contributed by atoms with Gasteiger partial charge in [-0.15, -0.1) is 0 Å². The first-order chi connectivity index (χ1) is 17.8. The molecule has 37 heavy (non-hydrogen) atoms. The van der Waals surface area contributed by atoms with Crippen molar-refractivity contribution in [2.75, 3.05) is 20.2 Å². The van der Waals surface area contributed by atoms with Crippen LogP contribution >= 0.6 is 0 Å². The minimum absolute atomic E-state index is 0.0474. The third kappa shape index (κ3) is 7.02. The van der Waals surface area contributed by atoms with Gasteiger partial charge >= 0.3 is 5.97 Å². The number of ether oxygens (including phenoxy) is 2. The van der Waals surface area contributed by atoms with Crippen LogP contribution in [0.15, 0.2) is 82.8 Å². The zero-order chi connectivity index (χ0) is 26.8. The molecule has 0 aromatic heterocycles. The van der Waals surface area contributed by atoms with Crippen molar-refractivity contribution in [1.82, 2.24) is 9.73 Å². The number of carbonyl (C=O) groups is 2. The second kappa shape index (κ2) is 12.8. The SMILES string of the molecule is CCN(CC)S(=O)(=O)c1cccc(C(=O)N/N=C/c2ccccc2OCc2ccc(C(=O)OC)cc2)c1. The largest absolute Gasteiger partial charge is 0.488 e. The standard InChI is InChI=1S/C27H29N3O6S/c1-4-30(5-2)37(33,34)24-11-8-10-22(17-24)26(31)29-28-18-23-9-6-7-12-25(23)36-19-20-13-15-21(16-14-20)27(32)35-3/h6-18H,4-5,19H2,1-3H3,(H,29,31)/b28-18+. The molecular formula is C27H29N3O6S. The number of esters is 1. The molecule has 0 saturated heterocycles. The number of hydrogen-bond donors (Lipinski definition) is 1. The van der Waals surface area contributed by atoms with Gasteiger partial charge in [-0.1, -0.05) is 44.2 Å². The summed E-state index contributed by atoms with van der Waals surface area (Å²) in [7, 11) is -2.36. The Morgan fingerprint density at radius 1 is 0.946 bits per heavy atom. The highest BCUT2D eigenvalue weighted by atomic mass is 32.2. The fraction of sp³-hybridized carbons (Fsp3) is 0.222. The number of hydrogen-bond acceptors (Lipinski definition) is 7. The highest BCUT2D eigenvalue weighted by molar-refractivity contribution is 7.89. The average molecular weight is 524 g/mol. The zero-order valence-corrected chi connectivity index (χ0v) is 21.7. The van der Waals surface area contributed by atoms with Crippen LogP contribution < -0.4 is 10.2 Å². The number of amides is 1. The third-order valence-electron chi connectivity index (χ3n) is 5.50. The Bertz CT molecular complexity index is 1370. The molecule has 0 unspecified atom stereocenters. The van der Waals surface area contributed by atoms with E-state index in [1.807, 2.05) is 12.1 Å². The van der Waals surface area contributed by atoms with E-state index in [2.05, 4.69) is 10.5 Å². The Labute approximate surface area is 216 Å². The molecule has 0 bridgehead atoms. The molecule has 1 N–H and O–H groups in total. The summed E-state index contributed by atoms with van der Waals surface area (Å²) >= 11 is 0. The number of benzene rings is 3. The lowest BCUT2D eigenvalue weighted by molar-refractivity contribution is 0.0600. The van der Waals surface area contributed by atoms with Gasteiger partial charge in [-0.05, 0) is 48.0 Å². The maximum absolute atomic E-state index is 12.8. The van der Waals surface area contributed by atoms with E-state index in [-0.39, 0.29) is 17.1 Å². The van der Waals surface area contributed by atoms with Crippen LogP contribution in [0, 0.1) is 0 Å². The van der Waals surface area contributed by atoms with E-state index in [0.717, 1.165) is 5.56 Å². The molecule has 3 aromatic rings. The van der Waals surface area contributed by atoms with Gasteiger partial charge in [0.05, 0.1) is 23.8 Å². The quantitative estimate of drug-likeness (QED) is 0.232. The molecule has 0 radical (unpaired) electrons. The summed E-state index contributed by atoms with van der Waals surface area (Å²) in [6.45, 7) is 4.44. The lowest BCUT2D eigenvalue weighted by atomic mass is 10.1. The van der Waals surface area contributed by atoms with E-state index in [9.17, 15) is 18.0 Å². The maximum Gasteiger partial charge on any atom is 0.337 e. The van der Waals surface area contributed by atoms with Crippen LogP contribution in [0.3, 0.4) is 0 Å². The van der Waals surface area contributed by atoms with Crippen molar-refractivity contribution in [2.45, 2.75) is 25.3 Å². The third-order valence-corrected chi connectivity index (χ3v) is 7.54. The van der Waals surface area contributed by atoms with Crippen molar-refractivity contribution in [2.24, 2.45) is 5.10 Å². The average Bonchev–Trinajstić information content (AvgIpc) is 2.93. The molecule has 1 amide bonds. The topological polar surface area (TPSA) is 114 Å². The Balaban J connectivity index is 1.66. The van der Waals surface area contributed by atoms with Crippen molar-refractivity contribution < 1.29 is 27.5 Å². The van der Waals surface area contributed by atoms with Crippen LogP contribution in [-0.4, -0.2) is 51.0 Å². The van der Waals surface area contributed by atoms with Gasteiger partial charge in [-0.3, -0.25) is 4.79 Å². The number of carbonyl (C=O) groups excluding carboxylic acids is 2. The first-order valence-electron chi connectivity index (χ1n) is 11.6. The summed E-state index contributed by atoms with van der Waals surface area (Å²) < 4.78 is 37.4. The summed E-state index contributed by atoms with van der Waals surface area (Å²) in [6, 6.07) is 19.9. The predicted molar refractivity (Wildman–Crippen MR) is 140 cm³/mol. The van der Waals surface area contributed by atoms with Gasteiger partial charge in [0.15, 0.2) is 0 Å². The van der Waals surface area contributed by atoms with Gasteiger partial charge in [-0.2, -0.15) is 9.41 Å². The minimum atomic E-state index is -3.69. The maximum atomic E-state index is 12.8. The summed E-state index contributed by atoms with van der Waals surface area (Å²) in [5.41, 5.74) is 4.54. The van der Waals surface area contributed by atoms with Gasteiger partial charge < -0.3 is 9.47 Å². The van der Waals surface area contributed by atoms with Crippen molar-refractivity contribution in [3.8, 4) is 5.75 Å². The number of hydrazone groups is 1. The summed E-state index contributed by atoms with van der Waals surface area (Å²) in [5.74, 6) is -0.407. The predicted octanol–water partition coefficient (Wildman–Crippen LogP) is 3.85. The van der Waals surface area contributed by atoms with Crippen LogP contribution in [0.25, 0.3) is 0 Å². The van der Waals surface area contributed by atoms with Gasteiger partial charge in [-0.25, -0.2) is 18.6 Å². The van der Waals surface area contributed by atoms with Gasteiger partial charge in [0.1, 0.15) is 12.4 Å². The highest BCUT2D eigenvalue weighted by Gasteiger charge is 2.22. The summed E-state index contributed by atoms with van der Waals surface area (Å²) in [5, 5.41) is 4.02. The second-order valence-corrected chi connectivity index (χ2v) is 9.77. The Morgan fingerprint density at radius 2 is 1.65 bits per heavy atom. The van der Waals surface area contributed by atoms with E-state index < -0.39 is 21.9 Å². The zero-order valence-electron chi connectivity index (χ0n) is 20.9. The molecular weight excluding hydrogens is 494 g/mol. The van der Waals surface area contributed by atoms with Crippen LogP contribution in [0.4, 0.5) is 0 Å². The minimum Gasteiger partial charge on any atom is -0.488 e. The summed E-state index contributed by atoms with van der Waals surface area (Å²) in [6.07, 6.45) is 1.45. The number of sulfonamides is 1. The number of nitrogens with one attached hydrogen (secondary N) is 1. The van der Waals surface area contributed by atoms with E-state index in [1.54, 1.807) is 50.2 Å². The molecule has 0 atom stereocenters. The van der Waals surface area contributed by atoms with Crippen molar-refractivity contribution in [3.05, 3.63) is 95.1 Å². The second-order valence-electron chi connectivity index (χ2n) is 7.83. The van der Waals surface area contributed by atoms with Crippen molar-refractivity contribution in [3.63, 3.8) is 0 Å². The number of para-hydroxylation sites is 1. The molecule has 0 aliphatic carbocycles. The smallest absolute Gasteiger partial charge is 0.337 e. The van der Waals surface area contributed by atoms with Gasteiger partial charge in [0.2, 0.25) is 10.0 Å². The van der Waals surface area contributed by atoms with Crippen LogP contribution in [0.2, 0.25) is 0 Å². The van der Waals surface area contributed by atoms with Crippen LogP contribution in [0.1, 0.15) is 45.7 Å². The van der Waals surface area contributed by atoms with E-state index in [1.165, 1.54) is 41.9 Å². The fourth-order valence-electron chi connectivity index (χ4n) is 3.47. The number of rotatable bonds is 11. The van der Waals surface area contributed by atoms with Crippen molar-refractivity contribution >= 4 is 28.1 Å². The monoisotopic (exact) mass is 523 g/mol. The first-order valence-corrected chi connectivity index (χ1v) is 13.1. The molecule has 194 valence electrons. The van der Waals surface area contributed by atoms with E-state index in [4.69, 9.17) is 9.47 Å². The lowest BCUT2D eigenvalue weighted by Gasteiger charge is -2.18. The Hall–Kier alpha value is -4.02. The van der Waals surface area contributed by atoms with Gasteiger partial charge in [0, 0.05) is 24.2 Å². The molecule has 0 fully saturated rings. The first kappa shape index (κ1) is 27.6. The molecule has 0 saturated carbocycles. The van der Waals surface area contributed by atoms with Crippen LogP contribution in [-0.2, 0) is 21.4 Å². The molecule has 0 heterocycles. The molecule has 3 rings (SSSR count). The van der Waals surface area contributed by atoms with Gasteiger partial charge in [0.25, 0.3) is 5.91 Å². The lowest BCUT2D eigenvalue weighted by Crippen LogP contribution is -2.30. The van der Waals surface area contributed by atoms with Crippen molar-refractivity contribution in [1.29, 1.82) is 0 Å². The molecule has 0 aliphatic heterocycles. The number of nitrogens with zero attached hydrogens (tertiary/aromatic N) is 2. The summed E-state index contributed by atoms with van der Waals surface area (Å²) in [4.78, 5) is 24.2. The Kier molecular flexibility index (Phi) is 9.53. The number of methoxy groups -OCH3 is 1. The normalized spacial score (nSPS) is 11.5. The molecule has 10 heteroatoms. The molecule has 0 spiro atoms. The molecule has 3 aromatic carbocycles. The fourth-order valence-corrected chi connectivity index (χ4v) is 4.97. The molecule has 0 aliphatic rings. The molecule has 9 nitrogen and oxygen atoms in total. The van der Waals surface area contributed by atoms with E-state index >= 15 is 0 Å². The van der Waals surface area contributed by atoms with E-state index in [0.29, 0.717) is 30.0 Å². The highest BCUT2D eigenvalue weighted by Crippen LogP contribution is 2.19.